The van der Waals surface area contributed by atoms with Gasteiger partial charge in [0.05, 0.1) is 23.7 Å². The van der Waals surface area contributed by atoms with Gasteiger partial charge in [0.15, 0.2) is 0 Å². The average Bonchev–Trinajstić information content (AvgIpc) is 2.40. The molecule has 0 radical (unpaired) electrons. The summed E-state index contributed by atoms with van der Waals surface area (Å²) in [6, 6.07) is 4.81. The molecule has 1 saturated carbocycles. The van der Waals surface area contributed by atoms with E-state index in [0.717, 1.165) is 0 Å². The van der Waals surface area contributed by atoms with Gasteiger partial charge in [0, 0.05) is 11.5 Å². The Bertz CT molecular complexity index is 516. The van der Waals surface area contributed by atoms with Crippen molar-refractivity contribution in [3.8, 4) is 5.75 Å². The van der Waals surface area contributed by atoms with Crippen molar-refractivity contribution < 1.29 is 14.8 Å². The van der Waals surface area contributed by atoms with E-state index in [0.29, 0.717) is 24.5 Å². The SMILES string of the molecule is CCOc1ccc(NC2CC(O)C2(C)C)c([N+](=O)[O-])c1. The lowest BCUT2D eigenvalue weighted by atomic mass is 9.64. The van der Waals surface area contributed by atoms with Gasteiger partial charge in [0.2, 0.25) is 0 Å². The predicted octanol–water partition coefficient (Wildman–Crippen LogP) is 2.56. The lowest BCUT2D eigenvalue weighted by Crippen LogP contribution is -2.56. The van der Waals surface area contributed by atoms with Crippen LogP contribution in [0.3, 0.4) is 0 Å². The number of rotatable bonds is 5. The number of aliphatic hydroxyl groups is 1. The topological polar surface area (TPSA) is 84.6 Å². The van der Waals surface area contributed by atoms with Gasteiger partial charge >= 0.3 is 0 Å². The molecular formula is C14H20N2O4. The minimum absolute atomic E-state index is 0.00635. The van der Waals surface area contributed by atoms with Gasteiger partial charge in [-0.3, -0.25) is 10.1 Å². The smallest absolute Gasteiger partial charge is 0.296 e. The highest BCUT2D eigenvalue weighted by molar-refractivity contribution is 5.64. The molecule has 1 aromatic rings. The number of hydrogen-bond acceptors (Lipinski definition) is 5. The zero-order valence-corrected chi connectivity index (χ0v) is 11.9. The first-order chi connectivity index (χ1) is 9.36. The number of nitro groups is 1. The number of anilines is 1. The molecule has 1 aromatic carbocycles. The lowest BCUT2D eigenvalue weighted by molar-refractivity contribution is -0.384. The predicted molar refractivity (Wildman–Crippen MR) is 76.1 cm³/mol. The minimum Gasteiger partial charge on any atom is -0.494 e. The van der Waals surface area contributed by atoms with Gasteiger partial charge < -0.3 is 15.2 Å². The van der Waals surface area contributed by atoms with Crippen LogP contribution in [0.1, 0.15) is 27.2 Å². The summed E-state index contributed by atoms with van der Waals surface area (Å²) in [7, 11) is 0. The zero-order chi connectivity index (χ0) is 14.9. The second-order valence-electron chi connectivity index (χ2n) is 5.64. The van der Waals surface area contributed by atoms with E-state index >= 15 is 0 Å². The summed E-state index contributed by atoms with van der Waals surface area (Å²) < 4.78 is 5.28. The van der Waals surface area contributed by atoms with E-state index in [2.05, 4.69) is 5.32 Å². The summed E-state index contributed by atoms with van der Waals surface area (Å²) in [5.74, 6) is 0.484. The molecule has 2 N–H and O–H groups in total. The van der Waals surface area contributed by atoms with Crippen LogP contribution in [0.2, 0.25) is 0 Å². The van der Waals surface area contributed by atoms with Crippen LogP contribution in [0, 0.1) is 15.5 Å². The van der Waals surface area contributed by atoms with Gasteiger partial charge in [-0.1, -0.05) is 13.8 Å². The minimum atomic E-state index is -0.424. The number of nitro benzene ring substituents is 1. The molecule has 110 valence electrons. The molecule has 0 amide bonds. The molecule has 0 spiro atoms. The molecule has 2 atom stereocenters. The molecule has 2 rings (SSSR count). The monoisotopic (exact) mass is 280 g/mol. The molecule has 2 unspecified atom stereocenters. The van der Waals surface area contributed by atoms with Crippen LogP contribution < -0.4 is 10.1 Å². The quantitative estimate of drug-likeness (QED) is 0.639. The van der Waals surface area contributed by atoms with Gasteiger partial charge in [-0.25, -0.2) is 0 Å². The average molecular weight is 280 g/mol. The second kappa shape index (κ2) is 5.28. The fraction of sp³-hybridized carbons (Fsp3) is 0.571. The first kappa shape index (κ1) is 14.6. The number of benzene rings is 1. The third kappa shape index (κ3) is 2.56. The van der Waals surface area contributed by atoms with E-state index < -0.39 is 4.92 Å². The van der Waals surface area contributed by atoms with E-state index in [9.17, 15) is 15.2 Å². The largest absolute Gasteiger partial charge is 0.494 e. The Morgan fingerprint density at radius 2 is 2.25 bits per heavy atom. The van der Waals surface area contributed by atoms with Gasteiger partial charge in [-0.05, 0) is 25.5 Å². The Kier molecular flexibility index (Phi) is 3.85. The molecule has 6 heteroatoms. The number of nitrogens with zero attached hydrogens (tertiary/aromatic N) is 1. The summed E-state index contributed by atoms with van der Waals surface area (Å²) in [5, 5.41) is 24.0. The highest BCUT2D eigenvalue weighted by atomic mass is 16.6. The van der Waals surface area contributed by atoms with Crippen molar-refractivity contribution in [1.29, 1.82) is 0 Å². The van der Waals surface area contributed by atoms with Gasteiger partial charge in [0.1, 0.15) is 11.4 Å². The molecule has 0 heterocycles. The molecule has 0 aliphatic heterocycles. The fourth-order valence-electron chi connectivity index (χ4n) is 2.38. The Morgan fingerprint density at radius 3 is 2.75 bits per heavy atom. The first-order valence-corrected chi connectivity index (χ1v) is 6.72. The van der Waals surface area contributed by atoms with Crippen LogP contribution in [0.4, 0.5) is 11.4 Å². The third-order valence-electron chi connectivity index (χ3n) is 4.02. The highest BCUT2D eigenvalue weighted by Crippen LogP contribution is 2.43. The van der Waals surface area contributed by atoms with E-state index in [1.54, 1.807) is 12.1 Å². The van der Waals surface area contributed by atoms with Crippen LogP contribution in [-0.4, -0.2) is 28.8 Å². The number of hydrogen-bond donors (Lipinski definition) is 2. The fourth-order valence-corrected chi connectivity index (χ4v) is 2.38. The highest BCUT2D eigenvalue weighted by Gasteiger charge is 2.47. The third-order valence-corrected chi connectivity index (χ3v) is 4.02. The van der Waals surface area contributed by atoms with Crippen LogP contribution in [0.25, 0.3) is 0 Å². The molecule has 20 heavy (non-hydrogen) atoms. The van der Waals surface area contributed by atoms with Crippen molar-refractivity contribution in [1.82, 2.24) is 0 Å². The molecule has 0 aromatic heterocycles. The van der Waals surface area contributed by atoms with E-state index in [1.165, 1.54) is 6.07 Å². The van der Waals surface area contributed by atoms with Gasteiger partial charge in [0.25, 0.3) is 5.69 Å². The number of nitrogens with one attached hydrogen (secondary N) is 1. The summed E-state index contributed by atoms with van der Waals surface area (Å²) in [6.45, 7) is 6.18. The van der Waals surface area contributed by atoms with Crippen LogP contribution in [-0.2, 0) is 0 Å². The molecule has 1 fully saturated rings. The maximum Gasteiger partial charge on any atom is 0.296 e. The van der Waals surface area contributed by atoms with Crippen molar-refractivity contribution in [3.63, 3.8) is 0 Å². The molecule has 1 aliphatic rings. The van der Waals surface area contributed by atoms with Crippen molar-refractivity contribution >= 4 is 11.4 Å². The molecule has 1 aliphatic carbocycles. The van der Waals surface area contributed by atoms with Gasteiger partial charge in [-0.15, -0.1) is 0 Å². The zero-order valence-electron chi connectivity index (χ0n) is 11.9. The summed E-state index contributed by atoms with van der Waals surface area (Å²) in [6.07, 6.45) is 0.221. The number of ether oxygens (including phenoxy) is 1. The Hall–Kier alpha value is -1.82. The molecular weight excluding hydrogens is 260 g/mol. The maximum atomic E-state index is 11.2. The summed E-state index contributed by atoms with van der Waals surface area (Å²) in [4.78, 5) is 10.7. The van der Waals surface area contributed by atoms with E-state index in [-0.39, 0.29) is 23.2 Å². The molecule has 0 saturated heterocycles. The maximum absolute atomic E-state index is 11.2. The standard InChI is InChI=1S/C14H20N2O4/c1-4-20-9-5-6-10(11(7-9)16(18)19)15-12-8-13(17)14(12,2)3/h5-7,12-13,15,17H,4,8H2,1-3H3. The molecule has 0 bridgehead atoms. The van der Waals surface area contributed by atoms with Crippen LogP contribution in [0.5, 0.6) is 5.75 Å². The second-order valence-corrected chi connectivity index (χ2v) is 5.64. The van der Waals surface area contributed by atoms with Crippen molar-refractivity contribution in [2.75, 3.05) is 11.9 Å². The lowest BCUT2D eigenvalue weighted by Gasteiger charge is -2.49. The van der Waals surface area contributed by atoms with E-state index in [4.69, 9.17) is 4.74 Å². The number of aliphatic hydroxyl groups excluding tert-OH is 1. The first-order valence-electron chi connectivity index (χ1n) is 6.72. The van der Waals surface area contributed by atoms with Crippen LogP contribution in [0.15, 0.2) is 18.2 Å². The normalized spacial score (nSPS) is 23.8. The Labute approximate surface area is 117 Å². The molecule has 6 nitrogen and oxygen atoms in total. The Morgan fingerprint density at radius 1 is 1.55 bits per heavy atom. The van der Waals surface area contributed by atoms with Crippen molar-refractivity contribution in [3.05, 3.63) is 28.3 Å². The summed E-state index contributed by atoms with van der Waals surface area (Å²) >= 11 is 0. The van der Waals surface area contributed by atoms with Crippen molar-refractivity contribution in [2.24, 2.45) is 5.41 Å². The van der Waals surface area contributed by atoms with Crippen LogP contribution >= 0.6 is 0 Å². The van der Waals surface area contributed by atoms with Crippen molar-refractivity contribution in [2.45, 2.75) is 39.3 Å². The van der Waals surface area contributed by atoms with Gasteiger partial charge in [-0.2, -0.15) is 0 Å². The Balaban J connectivity index is 2.21. The summed E-state index contributed by atoms with van der Waals surface area (Å²) in [5.41, 5.74) is 0.170. The van der Waals surface area contributed by atoms with E-state index in [1.807, 2.05) is 20.8 Å².